The average Bonchev–Trinajstić information content (AvgIpc) is 2.74. The maximum Gasteiger partial charge on any atom is 0.254 e. The lowest BCUT2D eigenvalue weighted by Crippen LogP contribution is -2.43. The fraction of sp³-hybridized carbons (Fsp3) is 0.500. The van der Waals surface area contributed by atoms with Gasteiger partial charge in [0.25, 0.3) is 5.91 Å². The zero-order chi connectivity index (χ0) is 12.4. The van der Waals surface area contributed by atoms with Gasteiger partial charge in [-0.1, -0.05) is 12.1 Å². The number of carbonyl (C=O) groups excluding carboxylic acids is 1. The van der Waals surface area contributed by atoms with E-state index in [9.17, 15) is 4.79 Å². The molecule has 0 spiro atoms. The summed E-state index contributed by atoms with van der Waals surface area (Å²) in [6.45, 7) is 5.21. The van der Waals surface area contributed by atoms with Gasteiger partial charge < -0.3 is 10.1 Å². The molecule has 17 heavy (non-hydrogen) atoms. The summed E-state index contributed by atoms with van der Waals surface area (Å²) in [6.07, 6.45) is 0.659. The Morgan fingerprint density at radius 2 is 2.35 bits per heavy atom. The SMILES string of the molecule is Cc1cscc1C(=O)N1CC/C(=N\O)C(C)C1. The molecule has 0 radical (unpaired) electrons. The van der Waals surface area contributed by atoms with Gasteiger partial charge in [-0.15, -0.1) is 0 Å². The molecule has 1 N–H and O–H groups in total. The average molecular weight is 252 g/mol. The van der Waals surface area contributed by atoms with E-state index in [4.69, 9.17) is 5.21 Å². The summed E-state index contributed by atoms with van der Waals surface area (Å²) in [4.78, 5) is 14.1. The highest BCUT2D eigenvalue weighted by molar-refractivity contribution is 7.08. The van der Waals surface area contributed by atoms with E-state index in [-0.39, 0.29) is 11.8 Å². The molecule has 1 atom stereocenters. The van der Waals surface area contributed by atoms with E-state index in [2.05, 4.69) is 5.16 Å². The van der Waals surface area contributed by atoms with Crippen LogP contribution in [0.4, 0.5) is 0 Å². The largest absolute Gasteiger partial charge is 0.411 e. The van der Waals surface area contributed by atoms with Gasteiger partial charge in [0, 0.05) is 30.8 Å². The van der Waals surface area contributed by atoms with E-state index < -0.39 is 0 Å². The number of nitrogens with zero attached hydrogens (tertiary/aromatic N) is 2. The van der Waals surface area contributed by atoms with E-state index >= 15 is 0 Å². The summed E-state index contributed by atoms with van der Waals surface area (Å²) >= 11 is 1.55. The van der Waals surface area contributed by atoms with Crippen LogP contribution in [0.5, 0.6) is 0 Å². The van der Waals surface area contributed by atoms with Crippen LogP contribution in [0.15, 0.2) is 15.9 Å². The molecule has 0 aliphatic carbocycles. The zero-order valence-electron chi connectivity index (χ0n) is 10.0. The minimum Gasteiger partial charge on any atom is -0.411 e. The molecule has 1 aromatic rings. The molecule has 2 heterocycles. The van der Waals surface area contributed by atoms with Gasteiger partial charge in [0.2, 0.25) is 0 Å². The lowest BCUT2D eigenvalue weighted by molar-refractivity contribution is 0.0734. The first kappa shape index (κ1) is 12.1. The van der Waals surface area contributed by atoms with Crippen LogP contribution in [-0.4, -0.2) is 34.8 Å². The minimum atomic E-state index is 0.0904. The third kappa shape index (κ3) is 2.34. The van der Waals surface area contributed by atoms with Crippen LogP contribution in [0.1, 0.15) is 29.3 Å². The van der Waals surface area contributed by atoms with Crippen molar-refractivity contribution in [1.29, 1.82) is 0 Å². The van der Waals surface area contributed by atoms with Crippen molar-refractivity contribution in [3.05, 3.63) is 21.9 Å². The summed E-state index contributed by atoms with van der Waals surface area (Å²) in [5.74, 6) is 0.226. The lowest BCUT2D eigenvalue weighted by atomic mass is 9.97. The standard InChI is InChI=1S/C12H16N2O2S/c1-8-5-14(4-3-11(8)13-16)12(15)10-7-17-6-9(10)2/h6-8,16H,3-5H2,1-2H3/b13-11+. The second-order valence-electron chi connectivity index (χ2n) is 4.46. The summed E-state index contributed by atoms with van der Waals surface area (Å²) in [6, 6.07) is 0. The molecule has 1 aromatic heterocycles. The van der Waals surface area contributed by atoms with Crippen LogP contribution in [0.2, 0.25) is 0 Å². The summed E-state index contributed by atoms with van der Waals surface area (Å²) < 4.78 is 0. The third-order valence-corrected chi connectivity index (χ3v) is 4.06. The van der Waals surface area contributed by atoms with Gasteiger partial charge in [0.1, 0.15) is 0 Å². The first-order chi connectivity index (χ1) is 8.13. The van der Waals surface area contributed by atoms with E-state index in [0.29, 0.717) is 19.5 Å². The van der Waals surface area contributed by atoms with E-state index in [1.165, 1.54) is 0 Å². The van der Waals surface area contributed by atoms with Crippen LogP contribution < -0.4 is 0 Å². The van der Waals surface area contributed by atoms with E-state index in [0.717, 1.165) is 16.8 Å². The van der Waals surface area contributed by atoms with Crippen molar-refractivity contribution >= 4 is 23.0 Å². The van der Waals surface area contributed by atoms with Crippen molar-refractivity contribution in [2.75, 3.05) is 13.1 Å². The van der Waals surface area contributed by atoms with Crippen LogP contribution in [-0.2, 0) is 0 Å². The molecule has 1 saturated heterocycles. The molecular weight excluding hydrogens is 236 g/mol. The predicted octanol–water partition coefficient (Wildman–Crippen LogP) is 2.37. The van der Waals surface area contributed by atoms with Gasteiger partial charge in [-0.2, -0.15) is 11.3 Å². The van der Waals surface area contributed by atoms with Gasteiger partial charge in [0.15, 0.2) is 0 Å². The van der Waals surface area contributed by atoms with E-state index in [1.807, 2.05) is 29.5 Å². The molecule has 5 heteroatoms. The highest BCUT2D eigenvalue weighted by Gasteiger charge is 2.27. The van der Waals surface area contributed by atoms with Crippen LogP contribution in [0, 0.1) is 12.8 Å². The van der Waals surface area contributed by atoms with Crippen LogP contribution >= 0.6 is 11.3 Å². The second kappa shape index (κ2) is 4.87. The quantitative estimate of drug-likeness (QED) is 0.616. The minimum absolute atomic E-state index is 0.0904. The van der Waals surface area contributed by atoms with Crippen molar-refractivity contribution in [2.45, 2.75) is 20.3 Å². The van der Waals surface area contributed by atoms with Gasteiger partial charge in [-0.05, 0) is 17.9 Å². The van der Waals surface area contributed by atoms with Gasteiger partial charge in [0.05, 0.1) is 11.3 Å². The summed E-state index contributed by atoms with van der Waals surface area (Å²) in [7, 11) is 0. The Morgan fingerprint density at radius 3 is 2.88 bits per heavy atom. The molecule has 2 rings (SSSR count). The molecule has 92 valence electrons. The molecule has 0 aromatic carbocycles. The normalized spacial score (nSPS) is 23.1. The fourth-order valence-corrected chi connectivity index (χ4v) is 2.93. The second-order valence-corrected chi connectivity index (χ2v) is 5.21. The van der Waals surface area contributed by atoms with Crippen molar-refractivity contribution in [2.24, 2.45) is 11.1 Å². The Labute approximate surface area is 105 Å². The third-order valence-electron chi connectivity index (χ3n) is 3.20. The Bertz CT molecular complexity index is 453. The number of oxime groups is 1. The molecule has 1 unspecified atom stereocenters. The van der Waals surface area contributed by atoms with Crippen molar-refractivity contribution in [3.63, 3.8) is 0 Å². The zero-order valence-corrected chi connectivity index (χ0v) is 10.8. The molecule has 1 fully saturated rings. The number of amides is 1. The topological polar surface area (TPSA) is 52.9 Å². The Kier molecular flexibility index (Phi) is 3.47. The maximum atomic E-state index is 12.3. The summed E-state index contributed by atoms with van der Waals surface area (Å²) in [5, 5.41) is 16.0. The monoisotopic (exact) mass is 252 g/mol. The number of hydrogen-bond acceptors (Lipinski definition) is 4. The van der Waals surface area contributed by atoms with Crippen LogP contribution in [0.25, 0.3) is 0 Å². The number of aryl methyl sites for hydroxylation is 1. The van der Waals surface area contributed by atoms with Gasteiger partial charge in [-0.25, -0.2) is 0 Å². The molecular formula is C12H16N2O2S. The molecule has 1 aliphatic heterocycles. The Hall–Kier alpha value is -1.36. The number of thiophene rings is 1. The fourth-order valence-electron chi connectivity index (χ4n) is 2.11. The van der Waals surface area contributed by atoms with Gasteiger partial charge in [-0.3, -0.25) is 4.79 Å². The highest BCUT2D eigenvalue weighted by atomic mass is 32.1. The smallest absolute Gasteiger partial charge is 0.254 e. The van der Waals surface area contributed by atoms with Crippen LogP contribution in [0.3, 0.4) is 0 Å². The number of piperidine rings is 1. The Balaban J connectivity index is 2.11. The maximum absolute atomic E-state index is 12.3. The molecule has 1 amide bonds. The lowest BCUT2D eigenvalue weighted by Gasteiger charge is -2.31. The summed E-state index contributed by atoms with van der Waals surface area (Å²) in [5.41, 5.74) is 2.62. The first-order valence-electron chi connectivity index (χ1n) is 5.66. The first-order valence-corrected chi connectivity index (χ1v) is 6.60. The molecule has 0 bridgehead atoms. The van der Waals surface area contributed by atoms with Crippen molar-refractivity contribution in [1.82, 2.24) is 4.90 Å². The molecule has 1 aliphatic rings. The number of hydrogen-bond donors (Lipinski definition) is 1. The highest BCUT2D eigenvalue weighted by Crippen LogP contribution is 2.20. The van der Waals surface area contributed by atoms with Crippen molar-refractivity contribution in [3.8, 4) is 0 Å². The molecule has 0 saturated carbocycles. The van der Waals surface area contributed by atoms with Crippen molar-refractivity contribution < 1.29 is 10.0 Å². The number of likely N-dealkylation sites (tertiary alicyclic amines) is 1. The molecule has 4 nitrogen and oxygen atoms in total. The Morgan fingerprint density at radius 1 is 1.59 bits per heavy atom. The predicted molar refractivity (Wildman–Crippen MR) is 68.0 cm³/mol. The number of rotatable bonds is 1. The van der Waals surface area contributed by atoms with Gasteiger partial charge >= 0.3 is 0 Å². The number of carbonyl (C=O) groups is 1. The van der Waals surface area contributed by atoms with E-state index in [1.54, 1.807) is 11.3 Å².